The summed E-state index contributed by atoms with van der Waals surface area (Å²) in [4.78, 5) is 21.7. The van der Waals surface area contributed by atoms with Crippen molar-refractivity contribution in [2.75, 3.05) is 5.32 Å². The number of nitrogens with zero attached hydrogens (tertiary/aromatic N) is 2. The van der Waals surface area contributed by atoms with Crippen molar-refractivity contribution >= 4 is 11.7 Å². The van der Waals surface area contributed by atoms with Gasteiger partial charge in [-0.2, -0.15) is 0 Å². The summed E-state index contributed by atoms with van der Waals surface area (Å²) in [5, 5.41) is 23.1. The molecule has 160 valence electrons. The third-order valence-corrected chi connectivity index (χ3v) is 5.07. The predicted molar refractivity (Wildman–Crippen MR) is 123 cm³/mol. The second-order valence-corrected chi connectivity index (χ2v) is 7.37. The molecule has 3 aromatic carbocycles. The summed E-state index contributed by atoms with van der Waals surface area (Å²) in [6, 6.07) is 25.8. The number of aliphatic hydroxyl groups excluding tert-OH is 2. The van der Waals surface area contributed by atoms with E-state index in [2.05, 4.69) is 15.3 Å². The van der Waals surface area contributed by atoms with Gasteiger partial charge in [0.05, 0.1) is 24.9 Å². The van der Waals surface area contributed by atoms with Crippen LogP contribution in [0, 0.1) is 0 Å². The van der Waals surface area contributed by atoms with E-state index in [0.29, 0.717) is 11.3 Å². The van der Waals surface area contributed by atoms with Gasteiger partial charge in [-0.3, -0.25) is 4.79 Å². The van der Waals surface area contributed by atoms with E-state index in [1.165, 1.54) is 0 Å². The van der Waals surface area contributed by atoms with Crippen LogP contribution < -0.4 is 5.32 Å². The van der Waals surface area contributed by atoms with Crippen LogP contribution in [0.25, 0.3) is 11.3 Å². The van der Waals surface area contributed by atoms with Gasteiger partial charge in [0.25, 0.3) is 0 Å². The van der Waals surface area contributed by atoms with Crippen molar-refractivity contribution in [2.24, 2.45) is 0 Å². The molecular formula is C26H23N3O3. The topological polar surface area (TPSA) is 95.3 Å². The molecule has 6 nitrogen and oxygen atoms in total. The molecule has 6 heteroatoms. The second kappa shape index (κ2) is 9.96. The van der Waals surface area contributed by atoms with Crippen molar-refractivity contribution in [3.8, 4) is 11.3 Å². The summed E-state index contributed by atoms with van der Waals surface area (Å²) in [5.74, 6) is -0.0231. The van der Waals surface area contributed by atoms with Crippen LogP contribution in [0.4, 0.5) is 5.82 Å². The van der Waals surface area contributed by atoms with Gasteiger partial charge in [0.1, 0.15) is 11.8 Å². The number of hydrogen-bond acceptors (Lipinski definition) is 5. The SMILES string of the molecule is O=C(Cc1ccccc1)Nc1ncc(-c2ccc(CO)cc2)nc1C(O)c1ccccc1. The Bertz CT molecular complexity index is 1180. The Kier molecular flexibility index (Phi) is 6.65. The Morgan fingerprint density at radius 3 is 2.19 bits per heavy atom. The van der Waals surface area contributed by atoms with Crippen molar-refractivity contribution in [1.82, 2.24) is 9.97 Å². The van der Waals surface area contributed by atoms with Crippen molar-refractivity contribution in [3.63, 3.8) is 0 Å². The lowest BCUT2D eigenvalue weighted by Gasteiger charge is -2.16. The zero-order valence-electron chi connectivity index (χ0n) is 17.3. The number of anilines is 1. The Morgan fingerprint density at radius 2 is 1.53 bits per heavy atom. The average molecular weight is 425 g/mol. The number of benzene rings is 3. The van der Waals surface area contributed by atoms with E-state index in [1.807, 2.05) is 60.7 Å². The minimum Gasteiger partial charge on any atom is -0.392 e. The van der Waals surface area contributed by atoms with E-state index >= 15 is 0 Å². The third-order valence-electron chi connectivity index (χ3n) is 5.07. The highest BCUT2D eigenvalue weighted by molar-refractivity contribution is 5.92. The van der Waals surface area contributed by atoms with Crippen molar-refractivity contribution in [1.29, 1.82) is 0 Å². The number of carbonyl (C=O) groups is 1. The lowest BCUT2D eigenvalue weighted by atomic mass is 10.0. The van der Waals surface area contributed by atoms with Gasteiger partial charge in [-0.1, -0.05) is 84.9 Å². The van der Waals surface area contributed by atoms with Crippen LogP contribution in [-0.4, -0.2) is 26.1 Å². The van der Waals surface area contributed by atoms with Gasteiger partial charge in [0.15, 0.2) is 5.82 Å². The number of rotatable bonds is 7. The fourth-order valence-corrected chi connectivity index (χ4v) is 3.36. The van der Waals surface area contributed by atoms with Gasteiger partial charge in [0, 0.05) is 5.56 Å². The third kappa shape index (κ3) is 5.06. The first-order valence-electron chi connectivity index (χ1n) is 10.3. The molecule has 0 saturated carbocycles. The largest absolute Gasteiger partial charge is 0.392 e. The highest BCUT2D eigenvalue weighted by Gasteiger charge is 2.20. The van der Waals surface area contributed by atoms with Crippen LogP contribution in [0.15, 0.2) is 91.1 Å². The predicted octanol–water partition coefficient (Wildman–Crippen LogP) is 3.90. The molecule has 0 bridgehead atoms. The highest BCUT2D eigenvalue weighted by Crippen LogP contribution is 2.28. The molecule has 0 aliphatic carbocycles. The minimum atomic E-state index is -1.06. The Labute approximate surface area is 186 Å². The summed E-state index contributed by atoms with van der Waals surface area (Å²) < 4.78 is 0. The number of aliphatic hydroxyl groups is 2. The number of amides is 1. The summed E-state index contributed by atoms with van der Waals surface area (Å²) in [6.07, 6.45) is 0.688. The first-order chi connectivity index (χ1) is 15.6. The van der Waals surface area contributed by atoms with Crippen LogP contribution >= 0.6 is 0 Å². The normalized spacial score (nSPS) is 11.7. The first-order valence-corrected chi connectivity index (χ1v) is 10.3. The van der Waals surface area contributed by atoms with Gasteiger partial charge in [-0.25, -0.2) is 9.97 Å². The monoisotopic (exact) mass is 425 g/mol. The molecule has 0 fully saturated rings. The van der Waals surface area contributed by atoms with E-state index in [4.69, 9.17) is 0 Å². The van der Waals surface area contributed by atoms with Crippen LogP contribution in [0.5, 0.6) is 0 Å². The van der Waals surface area contributed by atoms with Crippen LogP contribution in [-0.2, 0) is 17.8 Å². The molecule has 1 aromatic heterocycles. The zero-order valence-corrected chi connectivity index (χ0v) is 17.3. The van der Waals surface area contributed by atoms with Gasteiger partial charge in [0.2, 0.25) is 5.91 Å². The zero-order chi connectivity index (χ0) is 22.3. The molecule has 1 heterocycles. The average Bonchev–Trinajstić information content (AvgIpc) is 2.85. The van der Waals surface area contributed by atoms with Gasteiger partial charge >= 0.3 is 0 Å². The Balaban J connectivity index is 1.67. The molecule has 0 aliphatic heterocycles. The number of aromatic nitrogens is 2. The number of hydrogen-bond donors (Lipinski definition) is 3. The molecule has 1 atom stereocenters. The van der Waals surface area contributed by atoms with Crippen molar-refractivity contribution in [3.05, 3.63) is 114 Å². The van der Waals surface area contributed by atoms with E-state index in [-0.39, 0.29) is 30.4 Å². The molecule has 3 N–H and O–H groups in total. The van der Waals surface area contributed by atoms with Crippen LogP contribution in [0.3, 0.4) is 0 Å². The standard InChI is InChI=1S/C26H23N3O3/c30-17-19-11-13-20(14-12-19)22-16-27-26(29-23(31)15-18-7-3-1-4-8-18)24(28-22)25(32)21-9-5-2-6-10-21/h1-14,16,25,30,32H,15,17H2,(H,27,29,31). The van der Waals surface area contributed by atoms with E-state index in [9.17, 15) is 15.0 Å². The van der Waals surface area contributed by atoms with Gasteiger partial charge in [-0.05, 0) is 16.7 Å². The van der Waals surface area contributed by atoms with Crippen LogP contribution in [0.2, 0.25) is 0 Å². The Hall–Kier alpha value is -3.87. The molecular weight excluding hydrogens is 402 g/mol. The maximum absolute atomic E-state index is 12.6. The number of carbonyl (C=O) groups excluding carboxylic acids is 1. The summed E-state index contributed by atoms with van der Waals surface area (Å²) >= 11 is 0. The quantitative estimate of drug-likeness (QED) is 0.417. The molecule has 0 aliphatic rings. The maximum atomic E-state index is 12.6. The first kappa shape index (κ1) is 21.4. The van der Waals surface area contributed by atoms with Crippen molar-refractivity contribution < 1.29 is 15.0 Å². The fourth-order valence-electron chi connectivity index (χ4n) is 3.36. The van der Waals surface area contributed by atoms with Gasteiger partial charge in [-0.15, -0.1) is 0 Å². The van der Waals surface area contributed by atoms with E-state index in [1.54, 1.807) is 30.5 Å². The fraction of sp³-hybridized carbons (Fsp3) is 0.115. The van der Waals surface area contributed by atoms with Crippen molar-refractivity contribution in [2.45, 2.75) is 19.1 Å². The summed E-state index contributed by atoms with van der Waals surface area (Å²) in [7, 11) is 0. The smallest absolute Gasteiger partial charge is 0.229 e. The van der Waals surface area contributed by atoms with E-state index in [0.717, 1.165) is 16.7 Å². The highest BCUT2D eigenvalue weighted by atomic mass is 16.3. The summed E-state index contributed by atoms with van der Waals surface area (Å²) in [5.41, 5.74) is 3.92. The molecule has 0 radical (unpaired) electrons. The molecule has 4 rings (SSSR count). The molecule has 1 unspecified atom stereocenters. The molecule has 0 spiro atoms. The lowest BCUT2D eigenvalue weighted by Crippen LogP contribution is -2.19. The molecule has 0 saturated heterocycles. The van der Waals surface area contributed by atoms with E-state index < -0.39 is 6.10 Å². The molecule has 1 amide bonds. The maximum Gasteiger partial charge on any atom is 0.229 e. The molecule has 4 aromatic rings. The second-order valence-electron chi connectivity index (χ2n) is 7.37. The summed E-state index contributed by atoms with van der Waals surface area (Å²) in [6.45, 7) is -0.0453. The minimum absolute atomic E-state index is 0.0453. The van der Waals surface area contributed by atoms with Crippen LogP contribution in [0.1, 0.15) is 28.5 Å². The van der Waals surface area contributed by atoms with Gasteiger partial charge < -0.3 is 15.5 Å². The Morgan fingerprint density at radius 1 is 0.875 bits per heavy atom. The molecule has 32 heavy (non-hydrogen) atoms. The number of nitrogens with one attached hydrogen (secondary N) is 1. The lowest BCUT2D eigenvalue weighted by molar-refractivity contribution is -0.115.